The van der Waals surface area contributed by atoms with Crippen molar-refractivity contribution >= 4 is 0 Å². The van der Waals surface area contributed by atoms with Gasteiger partial charge in [-0.05, 0) is 52.4 Å². The third-order valence-electron chi connectivity index (χ3n) is 3.37. The molecule has 1 saturated heterocycles. The number of hydrogen-bond donors (Lipinski definition) is 1. The van der Waals surface area contributed by atoms with Crippen LogP contribution in [0, 0.1) is 6.42 Å². The molecule has 1 radical (unpaired) electrons. The Bertz CT molecular complexity index is 217. The van der Waals surface area contributed by atoms with Crippen LogP contribution in [0.1, 0.15) is 46.0 Å². The minimum Gasteiger partial charge on any atom is -0.308 e. The van der Waals surface area contributed by atoms with Gasteiger partial charge >= 0.3 is 0 Å². The number of piperidine rings is 1. The van der Waals surface area contributed by atoms with Gasteiger partial charge < -0.3 is 5.32 Å². The van der Waals surface area contributed by atoms with E-state index in [4.69, 9.17) is 0 Å². The summed E-state index contributed by atoms with van der Waals surface area (Å²) in [4.78, 5) is 0. The van der Waals surface area contributed by atoms with E-state index >= 15 is 0 Å². The zero-order valence-corrected chi connectivity index (χ0v) is 8.77. The predicted octanol–water partition coefficient (Wildman–Crippen LogP) is 2.83. The summed E-state index contributed by atoms with van der Waals surface area (Å²) >= 11 is 0. The summed E-state index contributed by atoms with van der Waals surface area (Å²) in [6, 6.07) is 1.35. The van der Waals surface area contributed by atoms with Crippen molar-refractivity contribution in [3.05, 3.63) is 17.6 Å². The second kappa shape index (κ2) is 3.83. The molecule has 1 N–H and O–H groups in total. The van der Waals surface area contributed by atoms with Gasteiger partial charge in [0.15, 0.2) is 0 Å². The van der Waals surface area contributed by atoms with Crippen LogP contribution in [0.5, 0.6) is 0 Å². The standard InChI is InChI=1S/C12H20N/c1-9-5-3-7-11(9)12-8-4-6-10(2)13-12/h4,10,12-13H,3,5-8H2,1-2H3. The van der Waals surface area contributed by atoms with E-state index < -0.39 is 0 Å². The Kier molecular flexibility index (Phi) is 2.73. The van der Waals surface area contributed by atoms with E-state index in [2.05, 4.69) is 25.6 Å². The molecule has 1 fully saturated rings. The molecule has 0 amide bonds. The molecule has 1 aliphatic heterocycles. The van der Waals surface area contributed by atoms with Crippen molar-refractivity contribution in [1.82, 2.24) is 5.32 Å². The summed E-state index contributed by atoms with van der Waals surface area (Å²) in [7, 11) is 0. The van der Waals surface area contributed by atoms with Crippen LogP contribution >= 0.6 is 0 Å². The lowest BCUT2D eigenvalue weighted by atomic mass is 9.92. The summed E-state index contributed by atoms with van der Waals surface area (Å²) in [6.45, 7) is 4.59. The fourth-order valence-electron chi connectivity index (χ4n) is 2.62. The van der Waals surface area contributed by atoms with Crippen molar-refractivity contribution in [2.45, 2.75) is 58.0 Å². The van der Waals surface area contributed by atoms with Crippen molar-refractivity contribution in [2.75, 3.05) is 0 Å². The van der Waals surface area contributed by atoms with E-state index in [0.717, 1.165) is 0 Å². The third-order valence-corrected chi connectivity index (χ3v) is 3.37. The third kappa shape index (κ3) is 1.96. The number of allylic oxidation sites excluding steroid dienone is 1. The maximum atomic E-state index is 3.70. The highest BCUT2D eigenvalue weighted by Gasteiger charge is 2.24. The second-order valence-corrected chi connectivity index (χ2v) is 4.54. The lowest BCUT2D eigenvalue weighted by Crippen LogP contribution is -2.41. The Hall–Kier alpha value is -0.300. The van der Waals surface area contributed by atoms with Gasteiger partial charge in [-0.25, -0.2) is 0 Å². The number of hydrogen-bond acceptors (Lipinski definition) is 1. The van der Waals surface area contributed by atoms with E-state index in [1.807, 2.05) is 0 Å². The van der Waals surface area contributed by atoms with Gasteiger partial charge in [0.2, 0.25) is 0 Å². The molecule has 2 unspecified atom stereocenters. The van der Waals surface area contributed by atoms with Crippen LogP contribution in [0.2, 0.25) is 0 Å². The highest BCUT2D eigenvalue weighted by atomic mass is 15.0. The average Bonchev–Trinajstić information content (AvgIpc) is 2.51. The van der Waals surface area contributed by atoms with Crippen LogP contribution in [0.25, 0.3) is 0 Å². The van der Waals surface area contributed by atoms with Crippen LogP contribution in [-0.4, -0.2) is 12.1 Å². The zero-order valence-electron chi connectivity index (χ0n) is 8.77. The molecule has 1 heteroatoms. The first-order valence-corrected chi connectivity index (χ1v) is 5.53. The molecule has 2 rings (SSSR count). The quantitative estimate of drug-likeness (QED) is 0.609. The molecular formula is C12H20N. The van der Waals surface area contributed by atoms with Gasteiger partial charge in [-0.1, -0.05) is 11.1 Å². The molecule has 2 aliphatic rings. The van der Waals surface area contributed by atoms with Crippen LogP contribution in [0.3, 0.4) is 0 Å². The molecule has 0 bridgehead atoms. The van der Waals surface area contributed by atoms with Gasteiger partial charge in [-0.15, -0.1) is 0 Å². The van der Waals surface area contributed by atoms with Crippen LogP contribution in [0.15, 0.2) is 11.1 Å². The molecule has 0 saturated carbocycles. The molecule has 1 nitrogen and oxygen atoms in total. The predicted molar refractivity (Wildman–Crippen MR) is 56.5 cm³/mol. The topological polar surface area (TPSA) is 12.0 Å². The van der Waals surface area contributed by atoms with E-state index in [-0.39, 0.29) is 0 Å². The summed E-state index contributed by atoms with van der Waals surface area (Å²) < 4.78 is 0. The fraction of sp³-hybridized carbons (Fsp3) is 0.750. The van der Waals surface area contributed by atoms with E-state index in [1.165, 1.54) is 32.1 Å². The monoisotopic (exact) mass is 178 g/mol. The van der Waals surface area contributed by atoms with E-state index in [1.54, 1.807) is 11.1 Å². The molecule has 2 atom stereocenters. The molecule has 0 spiro atoms. The Morgan fingerprint density at radius 3 is 2.77 bits per heavy atom. The van der Waals surface area contributed by atoms with Crippen LogP contribution in [0.4, 0.5) is 0 Å². The van der Waals surface area contributed by atoms with Crippen LogP contribution < -0.4 is 5.32 Å². The average molecular weight is 178 g/mol. The second-order valence-electron chi connectivity index (χ2n) is 4.54. The summed E-state index contributed by atoms with van der Waals surface area (Å²) in [5.41, 5.74) is 3.36. The Morgan fingerprint density at radius 2 is 2.15 bits per heavy atom. The molecule has 1 heterocycles. The van der Waals surface area contributed by atoms with Crippen molar-refractivity contribution in [3.8, 4) is 0 Å². The Labute approximate surface area is 81.6 Å². The zero-order chi connectivity index (χ0) is 9.26. The largest absolute Gasteiger partial charge is 0.308 e. The first-order chi connectivity index (χ1) is 6.27. The molecule has 73 valence electrons. The highest BCUT2D eigenvalue weighted by Crippen LogP contribution is 2.31. The Balaban J connectivity index is 2.03. The Morgan fingerprint density at radius 1 is 1.31 bits per heavy atom. The highest BCUT2D eigenvalue weighted by molar-refractivity contribution is 5.24. The summed E-state index contributed by atoms with van der Waals surface area (Å²) in [5, 5.41) is 3.70. The lowest BCUT2D eigenvalue weighted by Gasteiger charge is -2.30. The molecule has 0 aromatic heterocycles. The van der Waals surface area contributed by atoms with Gasteiger partial charge in [0.25, 0.3) is 0 Å². The first-order valence-electron chi connectivity index (χ1n) is 5.53. The molecular weight excluding hydrogens is 158 g/mol. The van der Waals surface area contributed by atoms with Gasteiger partial charge in [-0.2, -0.15) is 0 Å². The molecule has 0 aromatic carbocycles. The smallest absolute Gasteiger partial charge is 0.0287 e. The van der Waals surface area contributed by atoms with Crippen molar-refractivity contribution in [2.24, 2.45) is 0 Å². The van der Waals surface area contributed by atoms with E-state index in [9.17, 15) is 0 Å². The molecule has 13 heavy (non-hydrogen) atoms. The van der Waals surface area contributed by atoms with Gasteiger partial charge in [0.05, 0.1) is 0 Å². The SMILES string of the molecule is CC1=C(C2C[CH]CC(C)N2)CCC1. The number of nitrogens with one attached hydrogen (secondary N) is 1. The van der Waals surface area contributed by atoms with Crippen LogP contribution in [-0.2, 0) is 0 Å². The maximum Gasteiger partial charge on any atom is 0.0287 e. The van der Waals surface area contributed by atoms with Gasteiger partial charge in [0.1, 0.15) is 0 Å². The van der Waals surface area contributed by atoms with E-state index in [0.29, 0.717) is 12.1 Å². The first kappa shape index (κ1) is 9.26. The summed E-state index contributed by atoms with van der Waals surface area (Å²) in [6.07, 6.45) is 8.99. The fourth-order valence-corrected chi connectivity index (χ4v) is 2.62. The van der Waals surface area contributed by atoms with Gasteiger partial charge in [-0.3, -0.25) is 0 Å². The van der Waals surface area contributed by atoms with Crippen molar-refractivity contribution in [3.63, 3.8) is 0 Å². The van der Waals surface area contributed by atoms with Crippen molar-refractivity contribution in [1.29, 1.82) is 0 Å². The molecule has 1 aliphatic carbocycles. The minimum absolute atomic E-state index is 0.672. The minimum atomic E-state index is 0.672. The lowest BCUT2D eigenvalue weighted by molar-refractivity contribution is 0.415. The van der Waals surface area contributed by atoms with Crippen molar-refractivity contribution < 1.29 is 0 Å². The van der Waals surface area contributed by atoms with Gasteiger partial charge in [0, 0.05) is 12.1 Å². The number of rotatable bonds is 1. The normalized spacial score (nSPS) is 35.5. The molecule has 0 aromatic rings. The maximum absolute atomic E-state index is 3.70. The summed E-state index contributed by atoms with van der Waals surface area (Å²) in [5.74, 6) is 0.